The molecule has 0 aliphatic rings. The topological polar surface area (TPSA) is 122 Å². The number of amides is 2. The van der Waals surface area contributed by atoms with Gasteiger partial charge in [0.1, 0.15) is 12.1 Å². The summed E-state index contributed by atoms with van der Waals surface area (Å²) in [5, 5.41) is 13.8. The monoisotopic (exact) mass is 323 g/mol. The number of nitrogens with one attached hydrogen (secondary N) is 2. The lowest BCUT2D eigenvalue weighted by molar-refractivity contribution is -0.142. The highest BCUT2D eigenvalue weighted by molar-refractivity contribution is 7.98. The molecule has 0 aromatic rings. The van der Waals surface area contributed by atoms with Crippen LogP contribution in [-0.2, 0) is 14.4 Å². The number of carboxylic acids is 1. The number of nitrogens with two attached hydrogens (primary N) is 1. The summed E-state index contributed by atoms with van der Waals surface area (Å²) in [4.78, 5) is 34.3. The van der Waals surface area contributed by atoms with E-state index in [1.54, 1.807) is 0 Å². The van der Waals surface area contributed by atoms with Gasteiger partial charge in [0, 0.05) is 5.75 Å². The quantitative estimate of drug-likeness (QED) is 0.350. The van der Waals surface area contributed by atoms with Gasteiger partial charge in [-0.3, -0.25) is 9.59 Å². The minimum absolute atomic E-state index is 0.158. The van der Waals surface area contributed by atoms with Gasteiger partial charge in [-0.2, -0.15) is 24.4 Å². The maximum atomic E-state index is 11.8. The number of thiol groups is 1. The summed E-state index contributed by atoms with van der Waals surface area (Å²) in [6, 6.07) is -2.63. The van der Waals surface area contributed by atoms with Gasteiger partial charge >= 0.3 is 5.97 Å². The second-order valence-corrected chi connectivity index (χ2v) is 5.55. The van der Waals surface area contributed by atoms with Gasteiger partial charge in [0.2, 0.25) is 11.8 Å². The van der Waals surface area contributed by atoms with Crippen LogP contribution in [-0.4, -0.2) is 58.8 Å². The van der Waals surface area contributed by atoms with Crippen LogP contribution in [0.25, 0.3) is 0 Å². The van der Waals surface area contributed by atoms with Gasteiger partial charge in [-0.25, -0.2) is 4.79 Å². The zero-order valence-corrected chi connectivity index (χ0v) is 13.2. The summed E-state index contributed by atoms with van der Waals surface area (Å²) < 4.78 is 0. The molecule has 0 aromatic heterocycles. The van der Waals surface area contributed by atoms with Crippen molar-refractivity contribution in [3.8, 4) is 0 Å². The van der Waals surface area contributed by atoms with Crippen LogP contribution in [0.4, 0.5) is 0 Å². The maximum Gasteiger partial charge on any atom is 0.326 e. The lowest BCUT2D eigenvalue weighted by Crippen LogP contribution is -2.53. The predicted octanol–water partition coefficient (Wildman–Crippen LogP) is -0.929. The van der Waals surface area contributed by atoms with E-state index in [0.717, 1.165) is 0 Å². The predicted molar refractivity (Wildman–Crippen MR) is 82.0 cm³/mol. The molecule has 0 aliphatic heterocycles. The molecule has 0 fully saturated rings. The summed E-state index contributed by atoms with van der Waals surface area (Å²) in [7, 11) is 0. The van der Waals surface area contributed by atoms with E-state index in [1.807, 2.05) is 6.26 Å². The Bertz CT molecular complexity index is 355. The summed E-state index contributed by atoms with van der Waals surface area (Å²) in [6.45, 7) is 1.46. The van der Waals surface area contributed by atoms with Crippen LogP contribution in [0.1, 0.15) is 13.3 Å². The van der Waals surface area contributed by atoms with Crippen molar-refractivity contribution < 1.29 is 19.5 Å². The summed E-state index contributed by atoms with van der Waals surface area (Å²) in [5.41, 5.74) is 5.46. The molecule has 0 saturated carbocycles. The number of aliphatic carboxylic acids is 1. The highest BCUT2D eigenvalue weighted by Crippen LogP contribution is 2.01. The summed E-state index contributed by atoms with van der Waals surface area (Å²) >= 11 is 5.37. The third kappa shape index (κ3) is 7.01. The van der Waals surface area contributed by atoms with E-state index in [2.05, 4.69) is 23.3 Å². The SMILES string of the molecule is CSCC[C@H](NC(=O)[C@H](C)NC(=O)[C@@H](N)CS)C(=O)O. The molecule has 116 valence electrons. The molecular formula is C11H21N3O4S2. The zero-order chi connectivity index (χ0) is 15.7. The molecular weight excluding hydrogens is 302 g/mol. The fourth-order valence-electron chi connectivity index (χ4n) is 1.26. The minimum atomic E-state index is -1.10. The van der Waals surface area contributed by atoms with Crippen molar-refractivity contribution in [2.75, 3.05) is 17.8 Å². The van der Waals surface area contributed by atoms with Gasteiger partial charge in [0.15, 0.2) is 0 Å². The Morgan fingerprint density at radius 1 is 1.30 bits per heavy atom. The first kappa shape index (κ1) is 19.1. The maximum absolute atomic E-state index is 11.8. The Hall–Kier alpha value is -0.930. The van der Waals surface area contributed by atoms with E-state index >= 15 is 0 Å². The van der Waals surface area contributed by atoms with Crippen LogP contribution >= 0.6 is 24.4 Å². The fraction of sp³-hybridized carbons (Fsp3) is 0.727. The van der Waals surface area contributed by atoms with Gasteiger partial charge in [-0.05, 0) is 25.4 Å². The standard InChI is InChI=1S/C11H21N3O4S2/c1-6(13-10(16)7(12)5-19)9(15)14-8(11(17)18)3-4-20-2/h6-8,19H,3-5,12H2,1-2H3,(H,13,16)(H,14,15)(H,17,18)/t6-,7-,8-/m0/s1. The molecule has 0 aromatic carbocycles. The molecule has 0 radical (unpaired) electrons. The first-order valence-electron chi connectivity index (χ1n) is 6.02. The lowest BCUT2D eigenvalue weighted by atomic mass is 10.2. The second kappa shape index (κ2) is 9.89. The molecule has 0 bridgehead atoms. The summed E-state index contributed by atoms with van der Waals surface area (Å²) in [5.74, 6) is -1.39. The van der Waals surface area contributed by atoms with Crippen molar-refractivity contribution in [1.29, 1.82) is 0 Å². The van der Waals surface area contributed by atoms with Crippen molar-refractivity contribution in [3.63, 3.8) is 0 Å². The average molecular weight is 323 g/mol. The Morgan fingerprint density at radius 2 is 1.90 bits per heavy atom. The molecule has 3 atom stereocenters. The molecule has 0 spiro atoms. The van der Waals surface area contributed by atoms with Gasteiger partial charge in [-0.15, -0.1) is 0 Å². The molecule has 0 rings (SSSR count). The lowest BCUT2D eigenvalue weighted by Gasteiger charge is -2.19. The highest BCUT2D eigenvalue weighted by Gasteiger charge is 2.24. The Balaban J connectivity index is 4.41. The van der Waals surface area contributed by atoms with E-state index in [9.17, 15) is 14.4 Å². The van der Waals surface area contributed by atoms with Crippen LogP contribution in [0.15, 0.2) is 0 Å². The van der Waals surface area contributed by atoms with Crippen molar-refractivity contribution in [3.05, 3.63) is 0 Å². The van der Waals surface area contributed by atoms with Crippen molar-refractivity contribution in [1.82, 2.24) is 10.6 Å². The van der Waals surface area contributed by atoms with Gasteiger partial charge < -0.3 is 21.5 Å². The Kier molecular flexibility index (Phi) is 9.43. The number of carboxylic acid groups (broad SMARTS) is 1. The number of hydrogen-bond donors (Lipinski definition) is 5. The molecule has 2 amide bonds. The smallest absolute Gasteiger partial charge is 0.326 e. The van der Waals surface area contributed by atoms with Gasteiger partial charge in [0.05, 0.1) is 6.04 Å². The van der Waals surface area contributed by atoms with Crippen LogP contribution in [0.5, 0.6) is 0 Å². The fourth-order valence-corrected chi connectivity index (χ4v) is 1.90. The van der Waals surface area contributed by atoms with E-state index < -0.39 is 35.9 Å². The van der Waals surface area contributed by atoms with Crippen LogP contribution in [0, 0.1) is 0 Å². The molecule has 9 heteroatoms. The van der Waals surface area contributed by atoms with E-state index in [-0.39, 0.29) is 5.75 Å². The molecule has 7 nitrogen and oxygen atoms in total. The number of carbonyl (C=O) groups excluding carboxylic acids is 2. The van der Waals surface area contributed by atoms with Gasteiger partial charge in [-0.1, -0.05) is 0 Å². The van der Waals surface area contributed by atoms with Gasteiger partial charge in [0.25, 0.3) is 0 Å². The van der Waals surface area contributed by atoms with Crippen molar-refractivity contribution >= 4 is 42.2 Å². The molecule has 5 N–H and O–H groups in total. The normalized spacial score (nSPS) is 15.0. The van der Waals surface area contributed by atoms with Crippen LogP contribution in [0.3, 0.4) is 0 Å². The highest BCUT2D eigenvalue weighted by atomic mass is 32.2. The van der Waals surface area contributed by atoms with Crippen LogP contribution < -0.4 is 16.4 Å². The average Bonchev–Trinajstić information content (AvgIpc) is 2.41. The second-order valence-electron chi connectivity index (χ2n) is 4.20. The van der Waals surface area contributed by atoms with E-state index in [0.29, 0.717) is 12.2 Å². The first-order chi connectivity index (χ1) is 9.33. The zero-order valence-electron chi connectivity index (χ0n) is 11.5. The van der Waals surface area contributed by atoms with E-state index in [1.165, 1.54) is 18.7 Å². The largest absolute Gasteiger partial charge is 0.480 e. The Labute approximate surface area is 127 Å². The minimum Gasteiger partial charge on any atom is -0.480 e. The molecule has 0 unspecified atom stereocenters. The Morgan fingerprint density at radius 3 is 2.35 bits per heavy atom. The number of hydrogen-bond acceptors (Lipinski definition) is 6. The number of rotatable bonds is 9. The van der Waals surface area contributed by atoms with Crippen molar-refractivity contribution in [2.24, 2.45) is 5.73 Å². The molecule has 20 heavy (non-hydrogen) atoms. The third-order valence-electron chi connectivity index (χ3n) is 2.51. The summed E-state index contributed by atoms with van der Waals surface area (Å²) in [6.07, 6.45) is 2.17. The number of carbonyl (C=O) groups is 3. The first-order valence-corrected chi connectivity index (χ1v) is 8.05. The molecule has 0 aliphatic carbocycles. The van der Waals surface area contributed by atoms with Crippen LogP contribution in [0.2, 0.25) is 0 Å². The van der Waals surface area contributed by atoms with E-state index in [4.69, 9.17) is 10.8 Å². The third-order valence-corrected chi connectivity index (χ3v) is 3.55. The van der Waals surface area contributed by atoms with Crippen molar-refractivity contribution in [2.45, 2.75) is 31.5 Å². The molecule has 0 heterocycles. The molecule has 0 saturated heterocycles. The number of thioether (sulfide) groups is 1.